The van der Waals surface area contributed by atoms with Gasteiger partial charge in [0.2, 0.25) is 5.91 Å². The van der Waals surface area contributed by atoms with E-state index in [9.17, 15) is 27.9 Å². The summed E-state index contributed by atoms with van der Waals surface area (Å²) in [4.78, 5) is 36.2. The minimum atomic E-state index is -3.37. The maximum absolute atomic E-state index is 12.5. The van der Waals surface area contributed by atoms with Gasteiger partial charge in [0.1, 0.15) is 22.5 Å². The van der Waals surface area contributed by atoms with E-state index in [2.05, 4.69) is 10.6 Å². The molecule has 1 unspecified atom stereocenters. The first-order valence-electron chi connectivity index (χ1n) is 11.4. The molecule has 0 radical (unpaired) electrons. The summed E-state index contributed by atoms with van der Waals surface area (Å²) in [5.41, 5.74) is 4.40. The van der Waals surface area contributed by atoms with Gasteiger partial charge in [-0.15, -0.1) is 0 Å². The molecule has 0 saturated heterocycles. The first kappa shape index (κ1) is 26.2. The number of aliphatic carboxylic acids is 1. The highest BCUT2D eigenvalue weighted by atomic mass is 32.2. The summed E-state index contributed by atoms with van der Waals surface area (Å²) in [6.45, 7) is 1.91. The Labute approximate surface area is 204 Å². The maximum atomic E-state index is 12.5. The summed E-state index contributed by atoms with van der Waals surface area (Å²) in [5, 5.41) is 14.3. The first-order chi connectivity index (χ1) is 16.6. The molecule has 0 aromatic heterocycles. The quantitative estimate of drug-likeness (QED) is 0.429. The number of ether oxygens (including phenoxy) is 1. The van der Waals surface area contributed by atoms with Crippen molar-refractivity contribution in [2.24, 2.45) is 0 Å². The zero-order valence-electron chi connectivity index (χ0n) is 19.7. The zero-order chi connectivity index (χ0) is 25.6. The third-order valence-electron chi connectivity index (χ3n) is 6.00. The number of carboxylic acid groups (broad SMARTS) is 1. The van der Waals surface area contributed by atoms with Gasteiger partial charge < -0.3 is 20.5 Å². The average Bonchev–Trinajstić information content (AvgIpc) is 3.13. The fraction of sp³-hybridized carbons (Fsp3) is 0.400. The van der Waals surface area contributed by atoms with Gasteiger partial charge in [-0.1, -0.05) is 55.5 Å². The van der Waals surface area contributed by atoms with Crippen LogP contribution in [0.2, 0.25) is 0 Å². The van der Waals surface area contributed by atoms with Crippen LogP contribution in [-0.4, -0.2) is 62.2 Å². The fourth-order valence-electron chi connectivity index (χ4n) is 4.17. The highest BCUT2D eigenvalue weighted by Crippen LogP contribution is 2.44. The van der Waals surface area contributed by atoms with Gasteiger partial charge in [0.05, 0.1) is 5.75 Å². The number of rotatable bonds is 11. The molecule has 3 rings (SSSR count). The van der Waals surface area contributed by atoms with E-state index in [0.29, 0.717) is 6.42 Å². The number of carbonyl (C=O) groups is 3. The van der Waals surface area contributed by atoms with Crippen molar-refractivity contribution in [3.05, 3.63) is 59.7 Å². The van der Waals surface area contributed by atoms with Crippen LogP contribution < -0.4 is 10.6 Å². The molecule has 0 heterocycles. The summed E-state index contributed by atoms with van der Waals surface area (Å²) >= 11 is 0. The average molecular weight is 503 g/mol. The molecule has 1 aliphatic carbocycles. The van der Waals surface area contributed by atoms with Crippen LogP contribution in [0, 0.1) is 0 Å². The van der Waals surface area contributed by atoms with Crippen LogP contribution in [0.15, 0.2) is 48.5 Å². The number of carboxylic acids is 1. The Balaban J connectivity index is 1.54. The van der Waals surface area contributed by atoms with Gasteiger partial charge in [-0.3, -0.25) is 4.79 Å². The number of benzene rings is 2. The molecule has 0 aliphatic heterocycles. The molecule has 1 aliphatic rings. The van der Waals surface area contributed by atoms with E-state index in [1.54, 1.807) is 6.92 Å². The SMILES string of the molecule is CC[C@@H](CC(=O)NC(CCS(C)(=O)=O)C(=O)O)NC(=O)OCC1c2ccccc2-c2ccccc21. The van der Waals surface area contributed by atoms with Crippen molar-refractivity contribution in [2.45, 2.75) is 44.2 Å². The van der Waals surface area contributed by atoms with Crippen LogP contribution in [0.1, 0.15) is 43.2 Å². The number of alkyl carbamates (subject to hydrolysis) is 1. The fourth-order valence-corrected chi connectivity index (χ4v) is 4.83. The molecule has 3 N–H and O–H groups in total. The molecule has 2 aromatic rings. The van der Waals surface area contributed by atoms with Crippen molar-refractivity contribution < 1.29 is 32.6 Å². The van der Waals surface area contributed by atoms with E-state index in [1.807, 2.05) is 48.5 Å². The molecule has 0 saturated carbocycles. The predicted octanol–water partition coefficient (Wildman–Crippen LogP) is 2.70. The molecular formula is C25H30N2O7S. The zero-order valence-corrected chi connectivity index (χ0v) is 20.5. The van der Waals surface area contributed by atoms with E-state index in [1.165, 1.54) is 0 Å². The second-order valence-electron chi connectivity index (χ2n) is 8.66. The summed E-state index contributed by atoms with van der Waals surface area (Å²) in [6.07, 6.45) is 0.343. The van der Waals surface area contributed by atoms with E-state index in [-0.39, 0.29) is 31.1 Å². The van der Waals surface area contributed by atoms with Gasteiger partial charge in [0.25, 0.3) is 0 Å². The summed E-state index contributed by atoms with van der Waals surface area (Å²) in [5.74, 6) is -2.38. The van der Waals surface area contributed by atoms with Gasteiger partial charge >= 0.3 is 12.1 Å². The molecule has 2 atom stereocenters. The molecule has 35 heavy (non-hydrogen) atoms. The Morgan fingerprint density at radius 2 is 1.57 bits per heavy atom. The lowest BCUT2D eigenvalue weighted by atomic mass is 9.98. The van der Waals surface area contributed by atoms with Gasteiger partial charge in [0, 0.05) is 24.6 Å². The Hall–Kier alpha value is -3.40. The highest BCUT2D eigenvalue weighted by molar-refractivity contribution is 7.90. The molecular weight excluding hydrogens is 472 g/mol. The third kappa shape index (κ3) is 7.05. The van der Waals surface area contributed by atoms with Crippen LogP contribution in [-0.2, 0) is 24.2 Å². The van der Waals surface area contributed by atoms with Crippen LogP contribution in [0.4, 0.5) is 4.79 Å². The lowest BCUT2D eigenvalue weighted by Gasteiger charge is -2.20. The number of fused-ring (bicyclic) bond motifs is 3. The second kappa shape index (κ2) is 11.4. The minimum Gasteiger partial charge on any atom is -0.480 e. The normalized spacial score (nSPS) is 14.3. The largest absolute Gasteiger partial charge is 0.480 e. The van der Waals surface area contributed by atoms with E-state index < -0.39 is 39.9 Å². The molecule has 9 nitrogen and oxygen atoms in total. The molecule has 2 amide bonds. The van der Waals surface area contributed by atoms with Crippen molar-refractivity contribution in [2.75, 3.05) is 18.6 Å². The second-order valence-corrected chi connectivity index (χ2v) is 10.9. The van der Waals surface area contributed by atoms with E-state index in [4.69, 9.17) is 4.74 Å². The van der Waals surface area contributed by atoms with Crippen LogP contribution >= 0.6 is 0 Å². The standard InChI is InChI=1S/C25H30N2O7S/c1-3-16(14-23(28)27-22(24(29)30)12-13-35(2,32)33)26-25(31)34-15-21-19-10-6-4-8-17(19)18-9-5-7-11-20(18)21/h4-11,16,21-22H,3,12-15H2,1-2H3,(H,26,31)(H,27,28)(H,29,30)/t16-,22?/m0/s1. The summed E-state index contributed by atoms with van der Waals surface area (Å²) in [7, 11) is -3.37. The van der Waals surface area contributed by atoms with Crippen LogP contribution in [0.25, 0.3) is 11.1 Å². The predicted molar refractivity (Wildman–Crippen MR) is 131 cm³/mol. The van der Waals surface area contributed by atoms with Crippen molar-refractivity contribution in [1.29, 1.82) is 0 Å². The minimum absolute atomic E-state index is 0.0947. The number of amides is 2. The highest BCUT2D eigenvalue weighted by Gasteiger charge is 2.29. The Bertz CT molecular complexity index is 1150. The number of hydrogen-bond acceptors (Lipinski definition) is 6. The Morgan fingerprint density at radius 3 is 2.09 bits per heavy atom. The molecule has 0 bridgehead atoms. The summed E-state index contributed by atoms with van der Waals surface area (Å²) in [6, 6.07) is 14.1. The lowest BCUT2D eigenvalue weighted by Crippen LogP contribution is -2.45. The van der Waals surface area contributed by atoms with Gasteiger partial charge in [0.15, 0.2) is 0 Å². The summed E-state index contributed by atoms with van der Waals surface area (Å²) < 4.78 is 28.1. The number of hydrogen-bond donors (Lipinski definition) is 3. The first-order valence-corrected chi connectivity index (χ1v) is 13.5. The smallest absolute Gasteiger partial charge is 0.407 e. The molecule has 188 valence electrons. The van der Waals surface area contributed by atoms with Gasteiger partial charge in [-0.25, -0.2) is 18.0 Å². The van der Waals surface area contributed by atoms with Crippen molar-refractivity contribution in [3.63, 3.8) is 0 Å². The Morgan fingerprint density at radius 1 is 1.00 bits per heavy atom. The number of sulfone groups is 1. The van der Waals surface area contributed by atoms with Crippen molar-refractivity contribution in [1.82, 2.24) is 10.6 Å². The molecule has 0 spiro atoms. The van der Waals surface area contributed by atoms with Crippen LogP contribution in [0.5, 0.6) is 0 Å². The number of carbonyl (C=O) groups excluding carboxylic acids is 2. The van der Waals surface area contributed by atoms with Crippen molar-refractivity contribution >= 4 is 27.8 Å². The maximum Gasteiger partial charge on any atom is 0.407 e. The van der Waals surface area contributed by atoms with E-state index >= 15 is 0 Å². The third-order valence-corrected chi connectivity index (χ3v) is 6.98. The monoisotopic (exact) mass is 502 g/mol. The topological polar surface area (TPSA) is 139 Å². The number of nitrogens with one attached hydrogen (secondary N) is 2. The van der Waals surface area contributed by atoms with Crippen LogP contribution in [0.3, 0.4) is 0 Å². The van der Waals surface area contributed by atoms with E-state index in [0.717, 1.165) is 28.5 Å². The lowest BCUT2D eigenvalue weighted by molar-refractivity contribution is -0.141. The molecule has 10 heteroatoms. The molecule has 2 aromatic carbocycles. The Kier molecular flexibility index (Phi) is 8.50. The van der Waals surface area contributed by atoms with Crippen molar-refractivity contribution in [3.8, 4) is 11.1 Å². The van der Waals surface area contributed by atoms with Gasteiger partial charge in [-0.2, -0.15) is 0 Å². The van der Waals surface area contributed by atoms with Gasteiger partial charge in [-0.05, 0) is 35.1 Å². The molecule has 0 fully saturated rings.